The molecule has 2 N–H and O–H groups in total. The zero-order valence-electron chi connectivity index (χ0n) is 16.8. The first-order valence-corrected chi connectivity index (χ1v) is 10.3. The number of hydrogen-bond acceptors (Lipinski definition) is 5. The highest BCUT2D eigenvalue weighted by Crippen LogP contribution is 2.32. The van der Waals surface area contributed by atoms with Crippen molar-refractivity contribution in [3.05, 3.63) is 93.5 Å². The van der Waals surface area contributed by atoms with Crippen molar-refractivity contribution in [1.82, 2.24) is 5.32 Å². The number of nitrogens with one attached hydrogen (secondary N) is 2. The van der Waals surface area contributed by atoms with E-state index in [-0.39, 0.29) is 23.2 Å². The van der Waals surface area contributed by atoms with Crippen LogP contribution < -0.4 is 15.5 Å². The molecule has 0 atom stereocenters. The lowest BCUT2D eigenvalue weighted by molar-refractivity contribution is -0.120. The molecule has 0 saturated heterocycles. The molecule has 1 aliphatic rings. The molecule has 3 amide bonds. The molecular formula is C23H17Cl2N3O4. The van der Waals surface area contributed by atoms with Crippen LogP contribution in [0.25, 0.3) is 0 Å². The molecule has 1 aromatic heterocycles. The summed E-state index contributed by atoms with van der Waals surface area (Å²) in [7, 11) is 0. The number of rotatable bonds is 6. The number of benzene rings is 2. The number of imide groups is 1. The molecule has 2 heterocycles. The first kappa shape index (κ1) is 21.7. The van der Waals surface area contributed by atoms with Gasteiger partial charge in [-0.15, -0.1) is 0 Å². The molecule has 1 aliphatic heterocycles. The molecule has 0 bridgehead atoms. The van der Waals surface area contributed by atoms with E-state index in [4.69, 9.17) is 27.6 Å². The number of amides is 3. The van der Waals surface area contributed by atoms with Crippen molar-refractivity contribution in [1.29, 1.82) is 0 Å². The van der Waals surface area contributed by atoms with Crippen LogP contribution in [0.15, 0.2) is 76.0 Å². The van der Waals surface area contributed by atoms with Gasteiger partial charge in [0, 0.05) is 16.3 Å². The maximum Gasteiger partial charge on any atom is 0.283 e. The monoisotopic (exact) mass is 469 g/mol. The van der Waals surface area contributed by atoms with Crippen molar-refractivity contribution in [3.8, 4) is 0 Å². The van der Waals surface area contributed by atoms with Gasteiger partial charge in [0.05, 0.1) is 18.5 Å². The zero-order chi connectivity index (χ0) is 22.8. The fourth-order valence-corrected chi connectivity index (χ4v) is 3.49. The van der Waals surface area contributed by atoms with Gasteiger partial charge < -0.3 is 15.1 Å². The summed E-state index contributed by atoms with van der Waals surface area (Å²) >= 11 is 12.3. The predicted molar refractivity (Wildman–Crippen MR) is 122 cm³/mol. The summed E-state index contributed by atoms with van der Waals surface area (Å²) in [4.78, 5) is 38.7. The van der Waals surface area contributed by atoms with Gasteiger partial charge in [0.1, 0.15) is 16.5 Å². The minimum absolute atomic E-state index is 0.0524. The Morgan fingerprint density at radius 3 is 2.44 bits per heavy atom. The molecule has 9 heteroatoms. The van der Waals surface area contributed by atoms with Crippen LogP contribution in [-0.2, 0) is 16.1 Å². The Balaban J connectivity index is 1.46. The molecule has 0 radical (unpaired) electrons. The number of halogens is 2. The molecule has 32 heavy (non-hydrogen) atoms. The minimum Gasteiger partial charge on any atom is -0.467 e. The van der Waals surface area contributed by atoms with E-state index < -0.39 is 11.8 Å². The van der Waals surface area contributed by atoms with Crippen molar-refractivity contribution in [3.63, 3.8) is 0 Å². The fourth-order valence-electron chi connectivity index (χ4n) is 3.10. The number of nitrogens with zero attached hydrogens (tertiary/aromatic N) is 1. The first-order valence-electron chi connectivity index (χ1n) is 9.57. The van der Waals surface area contributed by atoms with Crippen molar-refractivity contribution in [2.75, 3.05) is 10.2 Å². The van der Waals surface area contributed by atoms with Crippen LogP contribution in [0, 0.1) is 6.92 Å². The van der Waals surface area contributed by atoms with Crippen molar-refractivity contribution in [2.24, 2.45) is 0 Å². The predicted octanol–water partition coefficient (Wildman–Crippen LogP) is 4.61. The zero-order valence-corrected chi connectivity index (χ0v) is 18.3. The van der Waals surface area contributed by atoms with Gasteiger partial charge in [0.2, 0.25) is 0 Å². The summed E-state index contributed by atoms with van der Waals surface area (Å²) in [6.07, 6.45) is 1.53. The van der Waals surface area contributed by atoms with Crippen molar-refractivity contribution in [2.45, 2.75) is 13.5 Å². The number of anilines is 2. The first-order chi connectivity index (χ1) is 15.3. The lowest BCUT2D eigenvalue weighted by atomic mass is 10.2. The van der Waals surface area contributed by atoms with Crippen LogP contribution in [0.3, 0.4) is 0 Å². The summed E-state index contributed by atoms with van der Waals surface area (Å²) in [5.74, 6) is -0.880. The van der Waals surface area contributed by atoms with Crippen LogP contribution in [-0.4, -0.2) is 17.7 Å². The van der Waals surface area contributed by atoms with Gasteiger partial charge in [-0.25, -0.2) is 4.90 Å². The average Bonchev–Trinajstić information content (AvgIpc) is 3.38. The molecular weight excluding hydrogens is 453 g/mol. The summed E-state index contributed by atoms with van der Waals surface area (Å²) in [6.45, 7) is 2.09. The number of aryl methyl sites for hydroxylation is 1. The van der Waals surface area contributed by atoms with E-state index >= 15 is 0 Å². The molecule has 3 aromatic rings. The highest BCUT2D eigenvalue weighted by atomic mass is 35.5. The topological polar surface area (TPSA) is 91.7 Å². The Hall–Kier alpha value is -3.55. The third-order valence-corrected chi connectivity index (χ3v) is 5.62. The molecule has 4 rings (SSSR count). The second-order valence-electron chi connectivity index (χ2n) is 7.03. The largest absolute Gasteiger partial charge is 0.467 e. The van der Waals surface area contributed by atoms with Gasteiger partial charge in [-0.05, 0) is 61.0 Å². The molecule has 7 nitrogen and oxygen atoms in total. The van der Waals surface area contributed by atoms with Gasteiger partial charge in [-0.1, -0.05) is 29.3 Å². The highest BCUT2D eigenvalue weighted by molar-refractivity contribution is 6.53. The normalized spacial score (nSPS) is 13.7. The highest BCUT2D eigenvalue weighted by Gasteiger charge is 2.39. The van der Waals surface area contributed by atoms with Crippen molar-refractivity contribution >= 4 is 52.3 Å². The second-order valence-corrected chi connectivity index (χ2v) is 7.82. The van der Waals surface area contributed by atoms with E-state index in [1.54, 1.807) is 48.5 Å². The summed E-state index contributed by atoms with van der Waals surface area (Å²) in [5, 5.41) is 5.82. The Morgan fingerprint density at radius 2 is 1.78 bits per heavy atom. The Kier molecular flexibility index (Phi) is 6.03. The molecule has 0 aliphatic carbocycles. The quantitative estimate of drug-likeness (QED) is 0.514. The Labute approximate surface area is 193 Å². The number of furan rings is 1. The molecule has 0 saturated carbocycles. The summed E-state index contributed by atoms with van der Waals surface area (Å²) < 4.78 is 5.18. The third kappa shape index (κ3) is 4.26. The molecule has 0 unspecified atom stereocenters. The van der Waals surface area contributed by atoms with E-state index in [1.807, 2.05) is 6.92 Å². The standard InChI is InChI=1S/C23H17Cl2N3O4/c1-13-4-9-16(11-18(13)24)28-22(30)19(25)20(23(28)31)27-15-7-5-14(6-8-15)21(29)26-12-17-3-2-10-32-17/h2-11,27H,12H2,1H3,(H,26,29). The molecule has 2 aromatic carbocycles. The van der Waals surface area contributed by atoms with E-state index in [9.17, 15) is 14.4 Å². The number of hydrogen-bond donors (Lipinski definition) is 2. The van der Waals surface area contributed by atoms with E-state index in [0.29, 0.717) is 27.7 Å². The van der Waals surface area contributed by atoms with Crippen LogP contribution in [0.1, 0.15) is 21.7 Å². The van der Waals surface area contributed by atoms with Gasteiger partial charge in [0.15, 0.2) is 0 Å². The van der Waals surface area contributed by atoms with Gasteiger partial charge >= 0.3 is 0 Å². The Bertz CT molecular complexity index is 1230. The summed E-state index contributed by atoms with van der Waals surface area (Å²) in [6, 6.07) is 14.8. The van der Waals surface area contributed by atoms with Crippen LogP contribution in [0.4, 0.5) is 11.4 Å². The lowest BCUT2D eigenvalue weighted by Crippen LogP contribution is -2.32. The van der Waals surface area contributed by atoms with E-state index in [0.717, 1.165) is 10.5 Å². The van der Waals surface area contributed by atoms with Crippen molar-refractivity contribution < 1.29 is 18.8 Å². The lowest BCUT2D eigenvalue weighted by Gasteiger charge is -2.16. The second kappa shape index (κ2) is 8.90. The summed E-state index contributed by atoms with van der Waals surface area (Å²) in [5.41, 5.74) is 2.01. The third-order valence-electron chi connectivity index (χ3n) is 4.86. The van der Waals surface area contributed by atoms with Crippen LogP contribution in [0.5, 0.6) is 0 Å². The Morgan fingerprint density at radius 1 is 1.03 bits per heavy atom. The van der Waals surface area contributed by atoms with Crippen LogP contribution >= 0.6 is 23.2 Å². The van der Waals surface area contributed by atoms with E-state index in [2.05, 4.69) is 10.6 Å². The SMILES string of the molecule is Cc1ccc(N2C(=O)C(Cl)=C(Nc3ccc(C(=O)NCc4ccco4)cc3)C2=O)cc1Cl. The maximum atomic E-state index is 12.9. The number of carbonyl (C=O) groups is 3. The smallest absolute Gasteiger partial charge is 0.283 e. The van der Waals surface area contributed by atoms with Crippen LogP contribution in [0.2, 0.25) is 5.02 Å². The molecule has 0 spiro atoms. The fraction of sp³-hybridized carbons (Fsp3) is 0.0870. The maximum absolute atomic E-state index is 12.9. The van der Waals surface area contributed by atoms with Gasteiger partial charge in [0.25, 0.3) is 17.7 Å². The molecule has 0 fully saturated rings. The average molecular weight is 470 g/mol. The van der Waals surface area contributed by atoms with Gasteiger partial charge in [-0.2, -0.15) is 0 Å². The molecule has 162 valence electrons. The van der Waals surface area contributed by atoms with E-state index in [1.165, 1.54) is 12.3 Å². The minimum atomic E-state index is -0.645. The number of carbonyl (C=O) groups excluding carboxylic acids is 3. The van der Waals surface area contributed by atoms with Gasteiger partial charge in [-0.3, -0.25) is 14.4 Å².